The second-order valence-electron chi connectivity index (χ2n) is 4.39. The highest BCUT2D eigenvalue weighted by molar-refractivity contribution is 5.99. The number of benzene rings is 3. The second-order valence-corrected chi connectivity index (χ2v) is 4.39. The van der Waals surface area contributed by atoms with Crippen molar-refractivity contribution in [2.75, 3.05) is 0 Å². The number of rotatable bonds is 2. The fraction of sp³-hybridized carbons (Fsp3) is 0. The van der Waals surface area contributed by atoms with Crippen LogP contribution in [-0.4, -0.2) is 11.4 Å². The van der Waals surface area contributed by atoms with Crippen LogP contribution in [0.25, 0.3) is 21.9 Å². The summed E-state index contributed by atoms with van der Waals surface area (Å²) in [6.07, 6.45) is 0.671. The summed E-state index contributed by atoms with van der Waals surface area (Å²) < 4.78 is 0. The first-order valence-corrected chi connectivity index (χ1v) is 6.06. The summed E-state index contributed by atoms with van der Waals surface area (Å²) in [5, 5.41) is 12.3. The molecule has 0 bridgehead atoms. The molecule has 0 unspecified atom stereocenters. The van der Waals surface area contributed by atoms with Gasteiger partial charge in [-0.3, -0.25) is 4.79 Å². The molecule has 0 aliphatic carbocycles. The number of para-hydroxylation sites is 1. The lowest BCUT2D eigenvalue weighted by Gasteiger charge is -2.09. The van der Waals surface area contributed by atoms with E-state index in [-0.39, 0.29) is 5.75 Å². The summed E-state index contributed by atoms with van der Waals surface area (Å²) in [7, 11) is 0. The zero-order valence-corrected chi connectivity index (χ0v) is 10.2. The highest BCUT2D eigenvalue weighted by Crippen LogP contribution is 2.35. The van der Waals surface area contributed by atoms with Gasteiger partial charge in [-0.2, -0.15) is 0 Å². The lowest BCUT2D eigenvalue weighted by molar-refractivity contribution is 0.112. The fourth-order valence-electron chi connectivity index (χ4n) is 2.33. The van der Waals surface area contributed by atoms with Crippen LogP contribution >= 0.6 is 0 Å². The number of hydrogen-bond donors (Lipinski definition) is 1. The quantitative estimate of drug-likeness (QED) is 0.695. The molecule has 2 heteroatoms. The van der Waals surface area contributed by atoms with E-state index >= 15 is 0 Å². The SMILES string of the molecule is O=Cc1cccc(-c2cccc3ccccc23)c1O. The third kappa shape index (κ3) is 1.87. The van der Waals surface area contributed by atoms with Crippen LogP contribution in [-0.2, 0) is 0 Å². The Kier molecular flexibility index (Phi) is 2.76. The van der Waals surface area contributed by atoms with E-state index in [0.717, 1.165) is 16.3 Å². The lowest BCUT2D eigenvalue weighted by atomic mass is 9.96. The predicted molar refractivity (Wildman–Crippen MR) is 76.4 cm³/mol. The van der Waals surface area contributed by atoms with Gasteiger partial charge in [-0.25, -0.2) is 0 Å². The molecule has 0 atom stereocenters. The van der Waals surface area contributed by atoms with Gasteiger partial charge in [0.15, 0.2) is 6.29 Å². The monoisotopic (exact) mass is 248 g/mol. The Balaban J connectivity index is 2.34. The summed E-state index contributed by atoms with van der Waals surface area (Å²) in [5.74, 6) is 0.0360. The number of phenolic OH excluding ortho intramolecular Hbond substituents is 1. The average Bonchev–Trinajstić information content (AvgIpc) is 2.47. The van der Waals surface area contributed by atoms with Gasteiger partial charge in [-0.05, 0) is 22.4 Å². The van der Waals surface area contributed by atoms with Gasteiger partial charge < -0.3 is 5.11 Å². The molecule has 0 saturated heterocycles. The number of carbonyl (C=O) groups excluding carboxylic acids is 1. The maximum Gasteiger partial charge on any atom is 0.153 e. The first-order valence-electron chi connectivity index (χ1n) is 6.06. The fourth-order valence-corrected chi connectivity index (χ4v) is 2.33. The molecule has 0 aliphatic rings. The normalized spacial score (nSPS) is 10.5. The molecule has 2 nitrogen and oxygen atoms in total. The summed E-state index contributed by atoms with van der Waals surface area (Å²) in [6, 6.07) is 19.1. The van der Waals surface area contributed by atoms with E-state index in [4.69, 9.17) is 0 Å². The maximum atomic E-state index is 10.9. The second kappa shape index (κ2) is 4.58. The molecule has 0 aliphatic heterocycles. The first kappa shape index (κ1) is 11.5. The van der Waals surface area contributed by atoms with Gasteiger partial charge in [-0.1, -0.05) is 54.6 Å². The van der Waals surface area contributed by atoms with E-state index in [9.17, 15) is 9.90 Å². The van der Waals surface area contributed by atoms with E-state index in [1.165, 1.54) is 0 Å². The third-order valence-electron chi connectivity index (χ3n) is 3.27. The third-order valence-corrected chi connectivity index (χ3v) is 3.27. The number of carbonyl (C=O) groups is 1. The molecule has 0 aromatic heterocycles. The molecule has 3 aromatic carbocycles. The highest BCUT2D eigenvalue weighted by atomic mass is 16.3. The van der Waals surface area contributed by atoms with Crippen molar-refractivity contribution >= 4 is 17.1 Å². The van der Waals surface area contributed by atoms with Crippen LogP contribution < -0.4 is 0 Å². The van der Waals surface area contributed by atoms with Crippen LogP contribution in [0, 0.1) is 0 Å². The van der Waals surface area contributed by atoms with Gasteiger partial charge in [0, 0.05) is 5.56 Å². The number of aromatic hydroxyl groups is 1. The Morgan fingerprint density at radius 1 is 0.789 bits per heavy atom. The largest absolute Gasteiger partial charge is 0.507 e. The van der Waals surface area contributed by atoms with Crippen LogP contribution in [0.4, 0.5) is 0 Å². The molecule has 0 heterocycles. The van der Waals surface area contributed by atoms with Gasteiger partial charge >= 0.3 is 0 Å². The topological polar surface area (TPSA) is 37.3 Å². The van der Waals surface area contributed by atoms with Crippen LogP contribution in [0.1, 0.15) is 10.4 Å². The minimum absolute atomic E-state index is 0.0360. The predicted octanol–water partition coefficient (Wildman–Crippen LogP) is 4.02. The average molecular weight is 248 g/mol. The summed E-state index contributed by atoms with van der Waals surface area (Å²) >= 11 is 0. The molecule has 0 amide bonds. The Morgan fingerprint density at radius 2 is 1.47 bits per heavy atom. The van der Waals surface area contributed by atoms with Crippen molar-refractivity contribution in [3.8, 4) is 16.9 Å². The van der Waals surface area contributed by atoms with E-state index in [1.807, 2.05) is 48.5 Å². The standard InChI is InChI=1S/C17H12O2/c18-11-13-7-4-10-16(17(13)19)15-9-3-6-12-5-1-2-8-14(12)15/h1-11,19H. The van der Waals surface area contributed by atoms with Crippen molar-refractivity contribution in [3.05, 3.63) is 66.2 Å². The smallest absolute Gasteiger partial charge is 0.153 e. The van der Waals surface area contributed by atoms with Crippen LogP contribution in [0.2, 0.25) is 0 Å². The molecule has 3 aromatic rings. The summed E-state index contributed by atoms with van der Waals surface area (Å²) in [4.78, 5) is 10.9. The number of hydrogen-bond acceptors (Lipinski definition) is 2. The molecule has 0 radical (unpaired) electrons. The Hall–Kier alpha value is -2.61. The van der Waals surface area contributed by atoms with Crippen molar-refractivity contribution in [2.45, 2.75) is 0 Å². The number of fused-ring (bicyclic) bond motifs is 1. The Morgan fingerprint density at radius 3 is 2.32 bits per heavy atom. The van der Waals surface area contributed by atoms with Crippen molar-refractivity contribution in [2.24, 2.45) is 0 Å². The minimum atomic E-state index is 0.0360. The molecule has 92 valence electrons. The maximum absolute atomic E-state index is 10.9. The molecular formula is C17H12O2. The molecule has 0 saturated carbocycles. The lowest BCUT2D eigenvalue weighted by Crippen LogP contribution is -1.86. The van der Waals surface area contributed by atoms with Crippen molar-refractivity contribution in [1.82, 2.24) is 0 Å². The number of phenols is 1. The molecule has 0 fully saturated rings. The van der Waals surface area contributed by atoms with Crippen molar-refractivity contribution in [1.29, 1.82) is 0 Å². The van der Waals surface area contributed by atoms with E-state index in [0.29, 0.717) is 17.4 Å². The molecule has 19 heavy (non-hydrogen) atoms. The minimum Gasteiger partial charge on any atom is -0.507 e. The molecule has 0 spiro atoms. The van der Waals surface area contributed by atoms with Crippen LogP contribution in [0.3, 0.4) is 0 Å². The van der Waals surface area contributed by atoms with Gasteiger partial charge in [-0.15, -0.1) is 0 Å². The van der Waals surface area contributed by atoms with E-state index < -0.39 is 0 Å². The Bertz CT molecular complexity index is 755. The van der Waals surface area contributed by atoms with Gasteiger partial charge in [0.2, 0.25) is 0 Å². The van der Waals surface area contributed by atoms with Crippen molar-refractivity contribution < 1.29 is 9.90 Å². The van der Waals surface area contributed by atoms with Crippen LogP contribution in [0.5, 0.6) is 5.75 Å². The zero-order chi connectivity index (χ0) is 13.2. The first-order chi connectivity index (χ1) is 9.31. The van der Waals surface area contributed by atoms with Gasteiger partial charge in [0.1, 0.15) is 5.75 Å². The number of aldehydes is 1. The molecule has 1 N–H and O–H groups in total. The Labute approximate surface area is 110 Å². The molecular weight excluding hydrogens is 236 g/mol. The van der Waals surface area contributed by atoms with E-state index in [1.54, 1.807) is 12.1 Å². The summed E-state index contributed by atoms with van der Waals surface area (Å²) in [6.45, 7) is 0. The summed E-state index contributed by atoms with van der Waals surface area (Å²) in [5.41, 5.74) is 1.92. The highest BCUT2D eigenvalue weighted by Gasteiger charge is 2.10. The van der Waals surface area contributed by atoms with Crippen LogP contribution in [0.15, 0.2) is 60.7 Å². The zero-order valence-electron chi connectivity index (χ0n) is 10.2. The van der Waals surface area contributed by atoms with E-state index in [2.05, 4.69) is 0 Å². The van der Waals surface area contributed by atoms with Crippen molar-refractivity contribution in [3.63, 3.8) is 0 Å². The molecule has 3 rings (SSSR count). The van der Waals surface area contributed by atoms with Gasteiger partial charge in [0.05, 0.1) is 5.56 Å². The van der Waals surface area contributed by atoms with Gasteiger partial charge in [0.25, 0.3) is 0 Å².